The second kappa shape index (κ2) is 6.35. The van der Waals surface area contributed by atoms with E-state index in [1.54, 1.807) is 18.3 Å². The molecule has 18 heavy (non-hydrogen) atoms. The molecule has 0 bridgehead atoms. The van der Waals surface area contributed by atoms with E-state index in [0.29, 0.717) is 24.5 Å². The molecule has 1 fully saturated rings. The zero-order valence-electron chi connectivity index (χ0n) is 10.5. The lowest BCUT2D eigenvalue weighted by Gasteiger charge is -2.07. The van der Waals surface area contributed by atoms with E-state index in [1.165, 1.54) is 20.0 Å². The van der Waals surface area contributed by atoms with E-state index < -0.39 is 0 Å². The molecule has 0 aliphatic heterocycles. The monoisotopic (exact) mass is 250 g/mol. The second-order valence-corrected chi connectivity index (χ2v) is 4.37. The van der Waals surface area contributed by atoms with Crippen molar-refractivity contribution in [1.82, 2.24) is 4.98 Å². The molecule has 0 radical (unpaired) electrons. The van der Waals surface area contributed by atoms with Crippen molar-refractivity contribution in [2.75, 3.05) is 32.2 Å². The average Bonchev–Trinajstić information content (AvgIpc) is 3.22. The van der Waals surface area contributed by atoms with E-state index in [1.807, 2.05) is 0 Å². The maximum atomic E-state index is 11.3. The van der Waals surface area contributed by atoms with Crippen LogP contribution in [-0.2, 0) is 9.47 Å². The molecule has 0 spiro atoms. The summed E-state index contributed by atoms with van der Waals surface area (Å²) in [4.78, 5) is 15.4. The standard InChI is InChI=1S/C13H18N2O3/c1-17-13(16)11-4-5-14-12(8-11)15-6-7-18-9-10-2-3-10/h4-5,8,10H,2-3,6-7,9H2,1H3,(H,14,15). The quantitative estimate of drug-likeness (QED) is 0.589. The fourth-order valence-electron chi connectivity index (χ4n) is 1.56. The molecule has 2 rings (SSSR count). The summed E-state index contributed by atoms with van der Waals surface area (Å²) in [5, 5.41) is 3.11. The van der Waals surface area contributed by atoms with Gasteiger partial charge in [-0.3, -0.25) is 0 Å². The topological polar surface area (TPSA) is 60.5 Å². The van der Waals surface area contributed by atoms with Gasteiger partial charge in [-0.25, -0.2) is 9.78 Å². The number of rotatable bonds is 7. The van der Waals surface area contributed by atoms with E-state index >= 15 is 0 Å². The minimum Gasteiger partial charge on any atom is -0.465 e. The van der Waals surface area contributed by atoms with Gasteiger partial charge in [0.25, 0.3) is 0 Å². The van der Waals surface area contributed by atoms with Crippen LogP contribution in [0.15, 0.2) is 18.3 Å². The van der Waals surface area contributed by atoms with Gasteiger partial charge in [0.05, 0.1) is 19.3 Å². The summed E-state index contributed by atoms with van der Waals surface area (Å²) >= 11 is 0. The molecule has 0 unspecified atom stereocenters. The van der Waals surface area contributed by atoms with Crippen molar-refractivity contribution in [3.05, 3.63) is 23.9 Å². The van der Waals surface area contributed by atoms with Gasteiger partial charge in [0.15, 0.2) is 0 Å². The summed E-state index contributed by atoms with van der Waals surface area (Å²) in [6.45, 7) is 2.20. The number of hydrogen-bond acceptors (Lipinski definition) is 5. The molecule has 1 aromatic heterocycles. The zero-order valence-corrected chi connectivity index (χ0v) is 10.5. The minimum absolute atomic E-state index is 0.356. The first-order valence-electron chi connectivity index (χ1n) is 6.15. The summed E-state index contributed by atoms with van der Waals surface area (Å²) in [5.74, 6) is 1.09. The maximum Gasteiger partial charge on any atom is 0.338 e. The highest BCUT2D eigenvalue weighted by Crippen LogP contribution is 2.28. The molecule has 1 heterocycles. The van der Waals surface area contributed by atoms with Crippen molar-refractivity contribution < 1.29 is 14.3 Å². The van der Waals surface area contributed by atoms with E-state index in [4.69, 9.17) is 4.74 Å². The largest absolute Gasteiger partial charge is 0.465 e. The lowest BCUT2D eigenvalue weighted by atomic mass is 10.2. The fourth-order valence-corrected chi connectivity index (χ4v) is 1.56. The number of carbonyl (C=O) groups is 1. The summed E-state index contributed by atoms with van der Waals surface area (Å²) in [7, 11) is 1.36. The summed E-state index contributed by atoms with van der Waals surface area (Å²) in [5.41, 5.74) is 0.494. The van der Waals surface area contributed by atoms with Crippen LogP contribution in [0.4, 0.5) is 5.82 Å². The van der Waals surface area contributed by atoms with Crippen molar-refractivity contribution in [3.8, 4) is 0 Å². The Morgan fingerprint density at radius 2 is 2.39 bits per heavy atom. The number of ether oxygens (including phenoxy) is 2. The van der Waals surface area contributed by atoms with Gasteiger partial charge < -0.3 is 14.8 Å². The third-order valence-corrected chi connectivity index (χ3v) is 2.78. The normalized spacial score (nSPS) is 14.3. The predicted molar refractivity (Wildman–Crippen MR) is 67.6 cm³/mol. The summed E-state index contributed by atoms with van der Waals surface area (Å²) < 4.78 is 10.1. The van der Waals surface area contributed by atoms with Gasteiger partial charge in [0, 0.05) is 19.3 Å². The fraction of sp³-hybridized carbons (Fsp3) is 0.538. The van der Waals surface area contributed by atoms with Crippen LogP contribution in [0, 0.1) is 5.92 Å². The van der Waals surface area contributed by atoms with Gasteiger partial charge in [-0.1, -0.05) is 0 Å². The molecule has 0 saturated heterocycles. The van der Waals surface area contributed by atoms with Gasteiger partial charge in [-0.15, -0.1) is 0 Å². The molecule has 5 nitrogen and oxygen atoms in total. The number of nitrogens with one attached hydrogen (secondary N) is 1. The molecule has 0 amide bonds. The predicted octanol–water partition coefficient (Wildman–Crippen LogP) is 1.71. The number of carbonyl (C=O) groups excluding carboxylic acids is 1. The van der Waals surface area contributed by atoms with E-state index in [-0.39, 0.29) is 5.97 Å². The second-order valence-electron chi connectivity index (χ2n) is 4.37. The Labute approximate surface area is 107 Å². The van der Waals surface area contributed by atoms with Gasteiger partial charge in [0.1, 0.15) is 5.82 Å². The zero-order chi connectivity index (χ0) is 12.8. The molecule has 1 aliphatic carbocycles. The van der Waals surface area contributed by atoms with Crippen molar-refractivity contribution in [3.63, 3.8) is 0 Å². The lowest BCUT2D eigenvalue weighted by molar-refractivity contribution is 0.0600. The number of esters is 1. The summed E-state index contributed by atoms with van der Waals surface area (Å²) in [6, 6.07) is 3.30. The van der Waals surface area contributed by atoms with Crippen molar-refractivity contribution in [2.24, 2.45) is 5.92 Å². The molecule has 1 aliphatic rings. The highest BCUT2D eigenvalue weighted by molar-refractivity contribution is 5.89. The number of pyridine rings is 1. The SMILES string of the molecule is COC(=O)c1ccnc(NCCOCC2CC2)c1. The molecule has 5 heteroatoms. The number of nitrogens with zero attached hydrogens (tertiary/aromatic N) is 1. The number of hydrogen-bond donors (Lipinski definition) is 1. The minimum atomic E-state index is -0.356. The Morgan fingerprint density at radius 3 is 3.11 bits per heavy atom. The highest BCUT2D eigenvalue weighted by atomic mass is 16.5. The van der Waals surface area contributed by atoms with E-state index in [0.717, 1.165) is 12.5 Å². The van der Waals surface area contributed by atoms with Crippen LogP contribution in [0.25, 0.3) is 0 Å². The Morgan fingerprint density at radius 1 is 1.56 bits per heavy atom. The third-order valence-electron chi connectivity index (χ3n) is 2.78. The van der Waals surface area contributed by atoms with Crippen LogP contribution in [0.3, 0.4) is 0 Å². The van der Waals surface area contributed by atoms with Gasteiger partial charge >= 0.3 is 5.97 Å². The lowest BCUT2D eigenvalue weighted by Crippen LogP contribution is -2.12. The molecule has 98 valence electrons. The Kier molecular flexibility index (Phi) is 4.52. The third kappa shape index (κ3) is 4.00. The highest BCUT2D eigenvalue weighted by Gasteiger charge is 2.20. The average molecular weight is 250 g/mol. The maximum absolute atomic E-state index is 11.3. The Hall–Kier alpha value is -1.62. The van der Waals surface area contributed by atoms with Gasteiger partial charge in [-0.2, -0.15) is 0 Å². The van der Waals surface area contributed by atoms with E-state index in [9.17, 15) is 4.79 Å². The van der Waals surface area contributed by atoms with Crippen LogP contribution in [0.5, 0.6) is 0 Å². The molecular formula is C13H18N2O3. The van der Waals surface area contributed by atoms with Crippen LogP contribution in [0.2, 0.25) is 0 Å². The molecule has 0 atom stereocenters. The van der Waals surface area contributed by atoms with Crippen molar-refractivity contribution in [1.29, 1.82) is 0 Å². The first kappa shape index (κ1) is 12.8. The molecule has 1 saturated carbocycles. The molecular weight excluding hydrogens is 232 g/mol. The van der Waals surface area contributed by atoms with Gasteiger partial charge in [0.2, 0.25) is 0 Å². The van der Waals surface area contributed by atoms with Crippen LogP contribution in [0.1, 0.15) is 23.2 Å². The first-order valence-corrected chi connectivity index (χ1v) is 6.15. The van der Waals surface area contributed by atoms with Crippen molar-refractivity contribution in [2.45, 2.75) is 12.8 Å². The van der Waals surface area contributed by atoms with Crippen LogP contribution < -0.4 is 5.32 Å². The first-order chi connectivity index (χ1) is 8.79. The van der Waals surface area contributed by atoms with Crippen LogP contribution in [-0.4, -0.2) is 37.8 Å². The Bertz CT molecular complexity index is 405. The van der Waals surface area contributed by atoms with Gasteiger partial charge in [-0.05, 0) is 30.9 Å². The van der Waals surface area contributed by atoms with Crippen molar-refractivity contribution >= 4 is 11.8 Å². The molecule has 0 aromatic carbocycles. The Balaban J connectivity index is 1.72. The van der Waals surface area contributed by atoms with E-state index in [2.05, 4.69) is 15.0 Å². The number of anilines is 1. The number of aromatic nitrogens is 1. The summed E-state index contributed by atoms with van der Waals surface area (Å²) in [6.07, 6.45) is 4.19. The number of methoxy groups -OCH3 is 1. The smallest absolute Gasteiger partial charge is 0.338 e. The molecule has 1 aromatic rings. The molecule has 1 N–H and O–H groups in total. The van der Waals surface area contributed by atoms with Crippen LogP contribution >= 0.6 is 0 Å².